The number of para-hydroxylation sites is 2. The maximum absolute atomic E-state index is 15.1. The number of carbonyl (C=O) groups excluding carboxylic acids is 3. The molecule has 2 unspecified atom stereocenters. The standard InChI is InChI=1S/C37H38ClN3O5/c1-4-21-39(26-16-10-7-11-17-26)34(43)30-29-19-20-37(46-29)31(30)35(44)41(28(23-42)25-14-8-6-9-15-25)33(37)36(45)40(22-5-2)32-24(3)13-12-18-27(32)38/h4-18,28-31,33,42H,1-2,19-23H2,3H3/t28-,29+,30-,31+,33?,37?/m1/s1. The average Bonchev–Trinajstić information content (AvgIpc) is 3.71. The highest BCUT2D eigenvalue weighted by atomic mass is 35.5. The number of fused-ring (bicyclic) bond motifs is 1. The van der Waals surface area contributed by atoms with Gasteiger partial charge in [-0.3, -0.25) is 14.4 Å². The second-order valence-corrected chi connectivity index (χ2v) is 12.5. The topological polar surface area (TPSA) is 90.4 Å². The van der Waals surface area contributed by atoms with Crippen molar-refractivity contribution in [2.75, 3.05) is 29.5 Å². The third-order valence-corrected chi connectivity index (χ3v) is 9.94. The van der Waals surface area contributed by atoms with Crippen LogP contribution in [0.1, 0.15) is 30.0 Å². The van der Waals surface area contributed by atoms with Gasteiger partial charge in [-0.25, -0.2) is 0 Å². The Morgan fingerprint density at radius 3 is 2.28 bits per heavy atom. The number of aliphatic hydroxyl groups is 1. The van der Waals surface area contributed by atoms with Gasteiger partial charge in [0.1, 0.15) is 11.6 Å². The minimum Gasteiger partial charge on any atom is -0.394 e. The maximum atomic E-state index is 15.1. The van der Waals surface area contributed by atoms with Crippen LogP contribution in [-0.4, -0.2) is 65.2 Å². The second-order valence-electron chi connectivity index (χ2n) is 12.1. The number of benzene rings is 3. The van der Waals surface area contributed by atoms with Gasteiger partial charge in [0.25, 0.3) is 5.91 Å². The molecule has 46 heavy (non-hydrogen) atoms. The summed E-state index contributed by atoms with van der Waals surface area (Å²) >= 11 is 6.70. The largest absolute Gasteiger partial charge is 0.394 e. The molecule has 3 aliphatic rings. The van der Waals surface area contributed by atoms with Crippen molar-refractivity contribution in [3.8, 4) is 0 Å². The number of likely N-dealkylation sites (tertiary alicyclic amines) is 1. The number of aryl methyl sites for hydroxylation is 1. The number of rotatable bonds is 11. The fourth-order valence-corrected chi connectivity index (χ4v) is 8.11. The minimum atomic E-state index is -1.29. The maximum Gasteiger partial charge on any atom is 0.253 e. The molecule has 8 nitrogen and oxygen atoms in total. The molecule has 3 amide bonds. The van der Waals surface area contributed by atoms with E-state index in [-0.39, 0.29) is 24.9 Å². The molecule has 0 radical (unpaired) electrons. The number of anilines is 2. The van der Waals surface area contributed by atoms with Gasteiger partial charge in [-0.1, -0.05) is 84.4 Å². The Bertz CT molecular complexity index is 1630. The Balaban J connectivity index is 1.49. The minimum absolute atomic E-state index is 0.130. The monoisotopic (exact) mass is 639 g/mol. The number of hydrogen-bond acceptors (Lipinski definition) is 5. The van der Waals surface area contributed by atoms with E-state index in [1.54, 1.807) is 28.0 Å². The molecule has 3 aromatic rings. The van der Waals surface area contributed by atoms with Crippen molar-refractivity contribution in [3.05, 3.63) is 120 Å². The van der Waals surface area contributed by atoms with E-state index < -0.39 is 48.1 Å². The van der Waals surface area contributed by atoms with E-state index in [9.17, 15) is 14.7 Å². The van der Waals surface area contributed by atoms with E-state index >= 15 is 4.79 Å². The highest BCUT2D eigenvalue weighted by molar-refractivity contribution is 6.34. The number of nitrogens with zero attached hydrogens (tertiary/aromatic N) is 3. The van der Waals surface area contributed by atoms with Crippen LogP contribution in [0, 0.1) is 18.8 Å². The molecule has 0 saturated carbocycles. The van der Waals surface area contributed by atoms with Crippen LogP contribution < -0.4 is 9.80 Å². The zero-order valence-electron chi connectivity index (χ0n) is 25.8. The normalized spacial score (nSPS) is 25.2. The molecule has 6 rings (SSSR count). The average molecular weight is 640 g/mol. The predicted molar refractivity (Wildman–Crippen MR) is 178 cm³/mol. The Labute approximate surface area is 274 Å². The van der Waals surface area contributed by atoms with E-state index in [0.29, 0.717) is 34.8 Å². The molecule has 3 heterocycles. The van der Waals surface area contributed by atoms with Crippen molar-refractivity contribution in [2.45, 2.75) is 43.6 Å². The molecule has 3 saturated heterocycles. The van der Waals surface area contributed by atoms with E-state index in [1.165, 1.54) is 4.90 Å². The summed E-state index contributed by atoms with van der Waals surface area (Å²) < 4.78 is 6.75. The Morgan fingerprint density at radius 2 is 1.65 bits per heavy atom. The Kier molecular flexibility index (Phi) is 8.88. The summed E-state index contributed by atoms with van der Waals surface area (Å²) in [6, 6.07) is 21.8. The molecule has 3 fully saturated rings. The SMILES string of the molecule is C=CCN(C(=O)[C@@H]1[C@@H]2CCC3(O2)C(C(=O)N(CC=C)c2c(C)cccc2Cl)N([C@H](CO)c2ccccc2)C(=O)[C@H]13)c1ccccc1. The van der Waals surface area contributed by atoms with E-state index in [2.05, 4.69) is 13.2 Å². The van der Waals surface area contributed by atoms with E-state index in [4.69, 9.17) is 16.3 Å². The quantitative estimate of drug-likeness (QED) is 0.280. The van der Waals surface area contributed by atoms with Gasteiger partial charge < -0.3 is 24.5 Å². The fourth-order valence-electron chi connectivity index (χ4n) is 7.79. The summed E-state index contributed by atoms with van der Waals surface area (Å²) in [7, 11) is 0. The van der Waals surface area contributed by atoms with Crippen LogP contribution in [-0.2, 0) is 19.1 Å². The molecule has 1 N–H and O–H groups in total. The van der Waals surface area contributed by atoms with Crippen LogP contribution in [0.15, 0.2) is 104 Å². The molecular formula is C37H38ClN3O5. The number of halogens is 1. The highest BCUT2D eigenvalue weighted by Gasteiger charge is 2.75. The van der Waals surface area contributed by atoms with Gasteiger partial charge in [-0.15, -0.1) is 13.2 Å². The second kappa shape index (κ2) is 12.9. The first kappa shape index (κ1) is 31.7. The molecule has 3 aliphatic heterocycles. The molecule has 9 heteroatoms. The van der Waals surface area contributed by atoms with Gasteiger partial charge in [0.15, 0.2) is 0 Å². The molecule has 1 spiro atoms. The molecule has 0 aliphatic carbocycles. The summed E-state index contributed by atoms with van der Waals surface area (Å²) in [5.41, 5.74) is 1.37. The zero-order valence-corrected chi connectivity index (χ0v) is 26.6. The van der Waals surface area contributed by atoms with Crippen molar-refractivity contribution >= 4 is 40.7 Å². The lowest BCUT2D eigenvalue weighted by Crippen LogP contribution is -2.57. The van der Waals surface area contributed by atoms with E-state index in [1.807, 2.05) is 79.7 Å². The predicted octanol–water partition coefficient (Wildman–Crippen LogP) is 5.49. The number of amides is 3. The van der Waals surface area contributed by atoms with Crippen LogP contribution in [0.3, 0.4) is 0 Å². The lowest BCUT2D eigenvalue weighted by Gasteiger charge is -2.39. The molecule has 2 bridgehead atoms. The molecule has 238 valence electrons. The highest BCUT2D eigenvalue weighted by Crippen LogP contribution is 2.60. The van der Waals surface area contributed by atoms with Crippen LogP contribution in [0.2, 0.25) is 5.02 Å². The molecular weight excluding hydrogens is 602 g/mol. The van der Waals surface area contributed by atoms with Crippen molar-refractivity contribution in [1.82, 2.24) is 4.90 Å². The van der Waals surface area contributed by atoms with Crippen LogP contribution >= 0.6 is 11.6 Å². The van der Waals surface area contributed by atoms with Crippen molar-refractivity contribution in [2.24, 2.45) is 11.8 Å². The summed E-state index contributed by atoms with van der Waals surface area (Å²) in [6.07, 6.45) is 3.64. The van der Waals surface area contributed by atoms with Crippen LogP contribution in [0.4, 0.5) is 11.4 Å². The fraction of sp³-hybridized carbons (Fsp3) is 0.324. The summed E-state index contributed by atoms with van der Waals surface area (Å²) in [4.78, 5) is 49.1. The molecule has 6 atom stereocenters. The number of carbonyl (C=O) groups is 3. The number of hydrogen-bond donors (Lipinski definition) is 1. The van der Waals surface area contributed by atoms with Crippen molar-refractivity contribution in [3.63, 3.8) is 0 Å². The number of aliphatic hydroxyl groups excluding tert-OH is 1. The smallest absolute Gasteiger partial charge is 0.253 e. The Hall–Kier alpha value is -4.24. The number of ether oxygens (including phenoxy) is 1. The van der Waals surface area contributed by atoms with Gasteiger partial charge in [0.05, 0.1) is 41.3 Å². The van der Waals surface area contributed by atoms with Crippen LogP contribution in [0.5, 0.6) is 0 Å². The van der Waals surface area contributed by atoms with Gasteiger partial charge in [0.2, 0.25) is 11.8 Å². The molecule has 3 aromatic carbocycles. The van der Waals surface area contributed by atoms with Gasteiger partial charge >= 0.3 is 0 Å². The van der Waals surface area contributed by atoms with Gasteiger partial charge in [-0.2, -0.15) is 0 Å². The summed E-state index contributed by atoms with van der Waals surface area (Å²) in [5.74, 6) is -2.80. The first-order chi connectivity index (χ1) is 22.3. The van der Waals surface area contributed by atoms with Crippen molar-refractivity contribution in [1.29, 1.82) is 0 Å². The Morgan fingerprint density at radius 1 is 1.00 bits per heavy atom. The van der Waals surface area contributed by atoms with Crippen molar-refractivity contribution < 1.29 is 24.2 Å². The zero-order chi connectivity index (χ0) is 32.6. The summed E-state index contributed by atoms with van der Waals surface area (Å²) in [5, 5.41) is 11.2. The lowest BCUT2D eigenvalue weighted by atomic mass is 9.70. The molecule has 0 aromatic heterocycles. The first-order valence-electron chi connectivity index (χ1n) is 15.6. The third-order valence-electron chi connectivity index (χ3n) is 9.63. The van der Waals surface area contributed by atoms with Gasteiger partial charge in [0, 0.05) is 18.8 Å². The van der Waals surface area contributed by atoms with Gasteiger partial charge in [-0.05, 0) is 49.1 Å². The third kappa shape index (κ3) is 5.05. The van der Waals surface area contributed by atoms with Crippen LogP contribution in [0.25, 0.3) is 0 Å². The summed E-state index contributed by atoms with van der Waals surface area (Å²) in [6.45, 7) is 9.57. The van der Waals surface area contributed by atoms with E-state index in [0.717, 1.165) is 5.56 Å². The lowest BCUT2D eigenvalue weighted by molar-refractivity contribution is -0.144. The first-order valence-corrected chi connectivity index (χ1v) is 16.0.